The molecule has 12 heavy (non-hydrogen) atoms. The molecule has 2 N–H and O–H groups in total. The van der Waals surface area contributed by atoms with Gasteiger partial charge in [0.2, 0.25) is 0 Å². The third-order valence-corrected chi connectivity index (χ3v) is 2.13. The summed E-state index contributed by atoms with van der Waals surface area (Å²) in [7, 11) is 0. The molecule has 1 rings (SSSR count). The van der Waals surface area contributed by atoms with Crippen LogP contribution in [0.2, 0.25) is 0 Å². The van der Waals surface area contributed by atoms with Crippen LogP contribution in [0.25, 0.3) is 0 Å². The average Bonchev–Trinajstić information content (AvgIpc) is 1.82. The van der Waals surface area contributed by atoms with Gasteiger partial charge in [-0.1, -0.05) is 29.9 Å². The monoisotopic (exact) mass is 179 g/mol. The minimum Gasteiger partial charge on any atom is -0.389 e. The van der Waals surface area contributed by atoms with E-state index in [0.29, 0.717) is 4.99 Å². The molecule has 0 atom stereocenters. The number of rotatable bonds is 1. The van der Waals surface area contributed by atoms with E-state index in [4.69, 9.17) is 18.0 Å². The zero-order chi connectivity index (χ0) is 9.30. The molecule has 1 aromatic carbocycles. The molecule has 64 valence electrons. The summed E-state index contributed by atoms with van der Waals surface area (Å²) >= 11 is 4.96. The van der Waals surface area contributed by atoms with Gasteiger partial charge in [-0.3, -0.25) is 0 Å². The lowest BCUT2D eigenvalue weighted by Crippen LogP contribution is -2.13. The highest BCUT2D eigenvalue weighted by Crippen LogP contribution is 2.15. The number of hydrogen-bond donors (Lipinski definition) is 1. The molecule has 0 aliphatic carbocycles. The number of nitrogens with two attached hydrogens (primary N) is 1. The zero-order valence-corrected chi connectivity index (χ0v) is 8.46. The molecule has 0 aliphatic heterocycles. The van der Waals surface area contributed by atoms with Crippen LogP contribution >= 0.6 is 12.2 Å². The first kappa shape index (κ1) is 9.20. The highest BCUT2D eigenvalue weighted by Gasteiger charge is 2.05. The fourth-order valence-corrected chi connectivity index (χ4v) is 1.89. The van der Waals surface area contributed by atoms with Gasteiger partial charge in [0.25, 0.3) is 0 Å². The Hall–Kier alpha value is -0.890. The van der Waals surface area contributed by atoms with Crippen molar-refractivity contribution in [1.29, 1.82) is 0 Å². The molecule has 0 bridgehead atoms. The topological polar surface area (TPSA) is 26.0 Å². The molecular weight excluding hydrogens is 166 g/mol. The number of aryl methyl sites for hydroxylation is 3. The van der Waals surface area contributed by atoms with Crippen molar-refractivity contribution in [3.05, 3.63) is 34.4 Å². The van der Waals surface area contributed by atoms with Crippen molar-refractivity contribution < 1.29 is 0 Å². The third kappa shape index (κ3) is 1.64. The molecule has 0 saturated carbocycles. The Morgan fingerprint density at radius 1 is 1.17 bits per heavy atom. The quantitative estimate of drug-likeness (QED) is 0.669. The van der Waals surface area contributed by atoms with E-state index < -0.39 is 0 Å². The molecule has 0 unspecified atom stereocenters. The van der Waals surface area contributed by atoms with Gasteiger partial charge in [0.05, 0.1) is 0 Å². The predicted molar refractivity (Wildman–Crippen MR) is 56.5 cm³/mol. The Bertz CT molecular complexity index is 306. The second-order valence-corrected chi connectivity index (χ2v) is 3.58. The van der Waals surface area contributed by atoms with Crippen LogP contribution in [0.5, 0.6) is 0 Å². The second kappa shape index (κ2) is 3.23. The van der Waals surface area contributed by atoms with Crippen LogP contribution in [0.4, 0.5) is 0 Å². The van der Waals surface area contributed by atoms with Crippen molar-refractivity contribution in [1.82, 2.24) is 0 Å². The van der Waals surface area contributed by atoms with Crippen LogP contribution in [-0.4, -0.2) is 4.99 Å². The maximum Gasteiger partial charge on any atom is 0.104 e. The van der Waals surface area contributed by atoms with E-state index >= 15 is 0 Å². The van der Waals surface area contributed by atoms with Crippen molar-refractivity contribution in [2.75, 3.05) is 0 Å². The highest BCUT2D eigenvalue weighted by atomic mass is 32.1. The Morgan fingerprint density at radius 3 is 1.92 bits per heavy atom. The summed E-state index contributed by atoms with van der Waals surface area (Å²) in [5.41, 5.74) is 10.2. The maximum absolute atomic E-state index is 5.60. The van der Waals surface area contributed by atoms with Gasteiger partial charge in [-0.15, -0.1) is 0 Å². The van der Waals surface area contributed by atoms with Gasteiger partial charge in [0, 0.05) is 5.56 Å². The molecule has 0 radical (unpaired) electrons. The molecule has 0 heterocycles. The van der Waals surface area contributed by atoms with E-state index in [0.717, 1.165) is 5.56 Å². The first-order valence-corrected chi connectivity index (χ1v) is 4.31. The molecule has 0 saturated heterocycles. The van der Waals surface area contributed by atoms with Crippen LogP contribution in [0.1, 0.15) is 22.3 Å². The van der Waals surface area contributed by atoms with Crippen molar-refractivity contribution in [3.63, 3.8) is 0 Å². The lowest BCUT2D eigenvalue weighted by atomic mass is 10.00. The van der Waals surface area contributed by atoms with Gasteiger partial charge in [-0.25, -0.2) is 0 Å². The molecule has 0 fully saturated rings. The number of thiocarbonyl (C=S) groups is 1. The van der Waals surface area contributed by atoms with E-state index in [1.54, 1.807) is 0 Å². The first-order chi connectivity index (χ1) is 5.52. The summed E-state index contributed by atoms with van der Waals surface area (Å²) in [6.07, 6.45) is 0. The van der Waals surface area contributed by atoms with Crippen molar-refractivity contribution in [2.45, 2.75) is 20.8 Å². The SMILES string of the molecule is Cc1cc(C)c(C(N)=S)c(C)c1. The van der Waals surface area contributed by atoms with Gasteiger partial charge >= 0.3 is 0 Å². The van der Waals surface area contributed by atoms with Gasteiger partial charge in [-0.05, 0) is 31.9 Å². The number of benzene rings is 1. The molecule has 0 aliphatic rings. The fraction of sp³-hybridized carbons (Fsp3) is 0.300. The highest BCUT2D eigenvalue weighted by molar-refractivity contribution is 7.80. The summed E-state index contributed by atoms with van der Waals surface area (Å²) in [5, 5.41) is 0. The lowest BCUT2D eigenvalue weighted by molar-refractivity contribution is 1.30. The second-order valence-electron chi connectivity index (χ2n) is 3.14. The summed E-state index contributed by atoms with van der Waals surface area (Å²) in [5.74, 6) is 0. The average molecular weight is 179 g/mol. The van der Waals surface area contributed by atoms with E-state index in [2.05, 4.69) is 19.1 Å². The summed E-state index contributed by atoms with van der Waals surface area (Å²) in [6, 6.07) is 4.20. The summed E-state index contributed by atoms with van der Waals surface area (Å²) < 4.78 is 0. The minimum absolute atomic E-state index is 0.491. The molecule has 1 nitrogen and oxygen atoms in total. The molecule has 0 spiro atoms. The maximum atomic E-state index is 5.60. The molecular formula is C10H13NS. The Labute approximate surface area is 78.6 Å². The fourth-order valence-electron chi connectivity index (χ4n) is 1.57. The van der Waals surface area contributed by atoms with Gasteiger partial charge in [-0.2, -0.15) is 0 Å². The Morgan fingerprint density at radius 2 is 1.58 bits per heavy atom. The van der Waals surface area contributed by atoms with Crippen LogP contribution in [0.3, 0.4) is 0 Å². The summed E-state index contributed by atoms with van der Waals surface area (Å²) in [6.45, 7) is 6.15. The zero-order valence-electron chi connectivity index (χ0n) is 7.64. The lowest BCUT2D eigenvalue weighted by Gasteiger charge is -2.08. The first-order valence-electron chi connectivity index (χ1n) is 3.90. The smallest absolute Gasteiger partial charge is 0.104 e. The van der Waals surface area contributed by atoms with Crippen molar-refractivity contribution in [3.8, 4) is 0 Å². The normalized spacial score (nSPS) is 9.92. The molecule has 2 heteroatoms. The van der Waals surface area contributed by atoms with E-state index in [1.807, 2.05) is 13.8 Å². The van der Waals surface area contributed by atoms with Gasteiger partial charge in [0.15, 0.2) is 0 Å². The standard InChI is InChI=1S/C10H13NS/c1-6-4-7(2)9(10(11)12)8(3)5-6/h4-5H,1-3H3,(H2,11,12). The van der Waals surface area contributed by atoms with Crippen molar-refractivity contribution in [2.24, 2.45) is 5.73 Å². The largest absolute Gasteiger partial charge is 0.389 e. The van der Waals surface area contributed by atoms with E-state index in [-0.39, 0.29) is 0 Å². The number of hydrogen-bond acceptors (Lipinski definition) is 1. The Balaban J connectivity index is 3.38. The van der Waals surface area contributed by atoms with Crippen LogP contribution in [0, 0.1) is 20.8 Å². The molecule has 1 aromatic rings. The Kier molecular flexibility index (Phi) is 2.48. The van der Waals surface area contributed by atoms with Gasteiger partial charge in [0.1, 0.15) is 4.99 Å². The molecule has 0 aromatic heterocycles. The van der Waals surface area contributed by atoms with Crippen LogP contribution in [0.15, 0.2) is 12.1 Å². The minimum atomic E-state index is 0.491. The molecule has 0 amide bonds. The van der Waals surface area contributed by atoms with E-state index in [9.17, 15) is 0 Å². The van der Waals surface area contributed by atoms with Crippen molar-refractivity contribution >= 4 is 17.2 Å². The van der Waals surface area contributed by atoms with Gasteiger partial charge < -0.3 is 5.73 Å². The summed E-state index contributed by atoms with van der Waals surface area (Å²) in [4.78, 5) is 0.491. The van der Waals surface area contributed by atoms with Crippen LogP contribution < -0.4 is 5.73 Å². The predicted octanol–water partition coefficient (Wildman–Crippen LogP) is 2.25. The third-order valence-electron chi connectivity index (χ3n) is 1.92. The van der Waals surface area contributed by atoms with E-state index in [1.165, 1.54) is 16.7 Å². The van der Waals surface area contributed by atoms with Crippen LogP contribution in [-0.2, 0) is 0 Å².